The number of carbonyl (C=O) groups is 4. The molecule has 6 heteroatoms. The lowest BCUT2D eigenvalue weighted by Gasteiger charge is -2.36. The summed E-state index contributed by atoms with van der Waals surface area (Å²) in [5.41, 5.74) is -0.185. The van der Waals surface area contributed by atoms with Gasteiger partial charge in [-0.3, -0.25) is 19.2 Å². The first kappa shape index (κ1) is 23.0. The molecule has 0 spiro atoms. The SMILES string of the molecule is CC(=O)C(=O)C(CC1CCC1)NC(=O)[C@@H]1C2[C@H](CN1C(=O)C(C)C(C)(C)C)C2(C)C. The highest BCUT2D eigenvalue weighted by Gasteiger charge is 2.69. The van der Waals surface area contributed by atoms with Crippen molar-refractivity contribution in [3.8, 4) is 0 Å². The fourth-order valence-corrected chi connectivity index (χ4v) is 5.23. The first-order chi connectivity index (χ1) is 13.8. The molecule has 0 aromatic heterocycles. The Labute approximate surface area is 180 Å². The monoisotopic (exact) mass is 418 g/mol. The summed E-state index contributed by atoms with van der Waals surface area (Å²) in [5, 5.41) is 2.89. The topological polar surface area (TPSA) is 83.6 Å². The van der Waals surface area contributed by atoms with Crippen molar-refractivity contribution in [1.82, 2.24) is 10.2 Å². The van der Waals surface area contributed by atoms with Gasteiger partial charge in [-0.25, -0.2) is 0 Å². The summed E-state index contributed by atoms with van der Waals surface area (Å²) in [6.07, 6.45) is 3.71. The zero-order valence-electron chi connectivity index (χ0n) is 19.6. The van der Waals surface area contributed by atoms with E-state index in [1.807, 2.05) is 27.7 Å². The molecular formula is C24H38N2O4. The average Bonchev–Trinajstić information content (AvgIpc) is 2.95. The van der Waals surface area contributed by atoms with Gasteiger partial charge < -0.3 is 10.2 Å². The average molecular weight is 419 g/mol. The van der Waals surface area contributed by atoms with Gasteiger partial charge in [0.15, 0.2) is 5.78 Å². The van der Waals surface area contributed by atoms with Crippen LogP contribution in [-0.4, -0.2) is 46.9 Å². The predicted molar refractivity (Wildman–Crippen MR) is 114 cm³/mol. The molecule has 3 aliphatic rings. The first-order valence-electron chi connectivity index (χ1n) is 11.4. The van der Waals surface area contributed by atoms with E-state index in [4.69, 9.17) is 0 Å². The second kappa shape index (κ2) is 7.76. The van der Waals surface area contributed by atoms with E-state index in [0.717, 1.165) is 19.3 Å². The van der Waals surface area contributed by atoms with Gasteiger partial charge in [-0.05, 0) is 35.0 Å². The molecule has 0 radical (unpaired) electrons. The van der Waals surface area contributed by atoms with Crippen LogP contribution in [-0.2, 0) is 19.2 Å². The Kier molecular flexibility index (Phi) is 5.94. The number of rotatable bonds is 7. The zero-order chi connectivity index (χ0) is 22.6. The number of ketones is 2. The van der Waals surface area contributed by atoms with Crippen LogP contribution in [0.5, 0.6) is 0 Å². The van der Waals surface area contributed by atoms with Gasteiger partial charge in [-0.2, -0.15) is 0 Å². The van der Waals surface area contributed by atoms with Crippen LogP contribution in [0.3, 0.4) is 0 Å². The quantitative estimate of drug-likeness (QED) is 0.644. The maximum atomic E-state index is 13.4. The standard InChI is InChI=1S/C24H38N2O4/c1-13(23(3,4)5)22(30)26-12-16-18(24(16,6)7)19(26)21(29)25-17(20(28)14(2)27)11-15-9-8-10-15/h13,15-19H,8-12H2,1-7H3,(H,25,29)/t13?,16-,17?,18?,19-/m0/s1. The summed E-state index contributed by atoms with van der Waals surface area (Å²) >= 11 is 0. The van der Waals surface area contributed by atoms with E-state index in [-0.39, 0.29) is 34.5 Å². The molecule has 2 amide bonds. The van der Waals surface area contributed by atoms with Crippen molar-refractivity contribution < 1.29 is 19.2 Å². The van der Waals surface area contributed by atoms with E-state index in [0.29, 0.717) is 24.8 Å². The molecule has 168 valence electrons. The molecule has 2 saturated carbocycles. The smallest absolute Gasteiger partial charge is 0.243 e. The maximum absolute atomic E-state index is 13.4. The number of likely N-dealkylation sites (tertiary alicyclic amines) is 1. The molecule has 2 aliphatic carbocycles. The van der Waals surface area contributed by atoms with Gasteiger partial charge in [-0.1, -0.05) is 60.8 Å². The largest absolute Gasteiger partial charge is 0.344 e. The van der Waals surface area contributed by atoms with E-state index in [1.54, 1.807) is 4.90 Å². The van der Waals surface area contributed by atoms with E-state index >= 15 is 0 Å². The van der Waals surface area contributed by atoms with Crippen LogP contribution < -0.4 is 5.32 Å². The molecule has 0 aromatic carbocycles. The number of nitrogens with one attached hydrogen (secondary N) is 1. The maximum Gasteiger partial charge on any atom is 0.243 e. The Morgan fingerprint density at radius 3 is 2.20 bits per heavy atom. The summed E-state index contributed by atoms with van der Waals surface area (Å²) in [6, 6.07) is -1.34. The molecule has 0 bridgehead atoms. The molecule has 1 N–H and O–H groups in total. The summed E-state index contributed by atoms with van der Waals surface area (Å²) in [5.74, 6) is -0.751. The third kappa shape index (κ3) is 4.06. The second-order valence-corrected chi connectivity index (χ2v) is 11.5. The molecule has 3 rings (SSSR count). The van der Waals surface area contributed by atoms with E-state index in [9.17, 15) is 19.2 Å². The van der Waals surface area contributed by atoms with Gasteiger partial charge in [-0.15, -0.1) is 0 Å². The lowest BCUT2D eigenvalue weighted by Crippen LogP contribution is -2.56. The molecular weight excluding hydrogens is 380 g/mol. The van der Waals surface area contributed by atoms with Gasteiger partial charge >= 0.3 is 0 Å². The highest BCUT2D eigenvalue weighted by Crippen LogP contribution is 2.65. The third-order valence-electron chi connectivity index (χ3n) is 8.20. The Bertz CT molecular complexity index is 747. The van der Waals surface area contributed by atoms with Crippen LogP contribution >= 0.6 is 0 Å². The molecule has 0 aromatic rings. The summed E-state index contributed by atoms with van der Waals surface area (Å²) in [7, 11) is 0. The van der Waals surface area contributed by atoms with Crippen molar-refractivity contribution in [3.05, 3.63) is 0 Å². The second-order valence-electron chi connectivity index (χ2n) is 11.5. The number of nitrogens with zero attached hydrogens (tertiary/aromatic N) is 1. The Morgan fingerprint density at radius 2 is 1.73 bits per heavy atom. The number of hydrogen-bond donors (Lipinski definition) is 1. The molecule has 6 nitrogen and oxygen atoms in total. The summed E-state index contributed by atoms with van der Waals surface area (Å²) < 4.78 is 0. The number of hydrogen-bond acceptors (Lipinski definition) is 4. The minimum atomic E-state index is -0.779. The Hall–Kier alpha value is -1.72. The molecule has 5 atom stereocenters. The Morgan fingerprint density at radius 1 is 1.13 bits per heavy atom. The van der Waals surface area contributed by atoms with Gasteiger partial charge in [0.2, 0.25) is 17.6 Å². The van der Waals surface area contributed by atoms with Crippen molar-refractivity contribution >= 4 is 23.4 Å². The number of Topliss-reactive ketones (excluding diaryl/α,β-unsaturated/α-hetero) is 2. The van der Waals surface area contributed by atoms with Crippen molar-refractivity contribution in [3.63, 3.8) is 0 Å². The van der Waals surface area contributed by atoms with Crippen molar-refractivity contribution in [2.45, 2.75) is 86.2 Å². The lowest BCUT2D eigenvalue weighted by atomic mass is 9.79. The van der Waals surface area contributed by atoms with Gasteiger partial charge in [0.25, 0.3) is 0 Å². The van der Waals surface area contributed by atoms with Crippen molar-refractivity contribution in [1.29, 1.82) is 0 Å². The molecule has 1 heterocycles. The lowest BCUT2D eigenvalue weighted by molar-refractivity contribution is -0.146. The van der Waals surface area contributed by atoms with Crippen LogP contribution in [0.25, 0.3) is 0 Å². The predicted octanol–water partition coefficient (Wildman–Crippen LogP) is 2.98. The fraction of sp³-hybridized carbons (Fsp3) is 0.833. The minimum absolute atomic E-state index is 0.000845. The van der Waals surface area contributed by atoms with E-state index in [2.05, 4.69) is 19.2 Å². The number of carbonyl (C=O) groups excluding carboxylic acids is 4. The van der Waals surface area contributed by atoms with Gasteiger partial charge in [0, 0.05) is 19.4 Å². The summed E-state index contributed by atoms with van der Waals surface area (Å²) in [6.45, 7) is 14.2. The molecule has 1 saturated heterocycles. The van der Waals surface area contributed by atoms with Gasteiger partial charge in [0.05, 0.1) is 6.04 Å². The first-order valence-corrected chi connectivity index (χ1v) is 11.4. The molecule has 1 aliphatic heterocycles. The van der Waals surface area contributed by atoms with Crippen LogP contribution in [0.2, 0.25) is 0 Å². The highest BCUT2D eigenvalue weighted by molar-refractivity contribution is 6.38. The third-order valence-corrected chi connectivity index (χ3v) is 8.20. The van der Waals surface area contributed by atoms with Crippen molar-refractivity contribution in [2.24, 2.45) is 34.5 Å². The van der Waals surface area contributed by atoms with Gasteiger partial charge in [0.1, 0.15) is 6.04 Å². The molecule has 30 heavy (non-hydrogen) atoms. The Balaban J connectivity index is 1.79. The normalized spacial score (nSPS) is 29.4. The molecule has 3 fully saturated rings. The minimum Gasteiger partial charge on any atom is -0.344 e. The van der Waals surface area contributed by atoms with Crippen LogP contribution in [0.15, 0.2) is 0 Å². The summed E-state index contributed by atoms with van der Waals surface area (Å²) in [4.78, 5) is 52.7. The van der Waals surface area contributed by atoms with Crippen LogP contribution in [0.1, 0.15) is 74.1 Å². The highest BCUT2D eigenvalue weighted by atomic mass is 16.2. The number of piperidine rings is 1. The van der Waals surface area contributed by atoms with E-state index in [1.165, 1.54) is 6.92 Å². The zero-order valence-corrected chi connectivity index (χ0v) is 19.6. The van der Waals surface area contributed by atoms with Crippen molar-refractivity contribution in [2.75, 3.05) is 6.54 Å². The molecule has 3 unspecified atom stereocenters. The van der Waals surface area contributed by atoms with Crippen LogP contribution in [0.4, 0.5) is 0 Å². The fourth-order valence-electron chi connectivity index (χ4n) is 5.23. The number of amides is 2. The van der Waals surface area contributed by atoms with E-state index < -0.39 is 23.7 Å². The number of fused-ring (bicyclic) bond motifs is 1. The van der Waals surface area contributed by atoms with Crippen LogP contribution in [0, 0.1) is 34.5 Å².